The van der Waals surface area contributed by atoms with Crippen LogP contribution in [0, 0.1) is 17.3 Å². The molecule has 0 aromatic heterocycles. The third-order valence-corrected chi connectivity index (χ3v) is 4.03. The lowest BCUT2D eigenvalue weighted by Crippen LogP contribution is -2.48. The van der Waals surface area contributed by atoms with Gasteiger partial charge in [0.2, 0.25) is 0 Å². The third-order valence-electron chi connectivity index (χ3n) is 4.03. The summed E-state index contributed by atoms with van der Waals surface area (Å²) in [7, 11) is 0. The minimum Gasteiger partial charge on any atom is -0.481 e. The van der Waals surface area contributed by atoms with Crippen molar-refractivity contribution in [2.45, 2.75) is 40.5 Å². The van der Waals surface area contributed by atoms with E-state index in [9.17, 15) is 9.59 Å². The summed E-state index contributed by atoms with van der Waals surface area (Å²) < 4.78 is 0. The highest BCUT2D eigenvalue weighted by molar-refractivity contribution is 5.77. The van der Waals surface area contributed by atoms with Crippen LogP contribution >= 0.6 is 0 Å². The molecule has 110 valence electrons. The van der Waals surface area contributed by atoms with Gasteiger partial charge in [0.15, 0.2) is 0 Å². The Morgan fingerprint density at radius 3 is 2.26 bits per heavy atom. The molecule has 0 spiro atoms. The van der Waals surface area contributed by atoms with Gasteiger partial charge in [-0.2, -0.15) is 0 Å². The van der Waals surface area contributed by atoms with Crippen molar-refractivity contribution in [2.75, 3.05) is 19.6 Å². The molecule has 0 unspecified atom stereocenters. The fraction of sp³-hybridized carbons (Fsp3) is 0.857. The molecule has 5 nitrogen and oxygen atoms in total. The number of carboxylic acids is 1. The van der Waals surface area contributed by atoms with Gasteiger partial charge in [0, 0.05) is 19.6 Å². The largest absolute Gasteiger partial charge is 0.481 e. The van der Waals surface area contributed by atoms with Gasteiger partial charge in [0.25, 0.3) is 0 Å². The van der Waals surface area contributed by atoms with E-state index in [0.717, 1.165) is 25.9 Å². The maximum absolute atomic E-state index is 12.0. The summed E-state index contributed by atoms with van der Waals surface area (Å²) in [6.45, 7) is 9.35. The number of carbonyl (C=O) groups excluding carboxylic acids is 1. The first kappa shape index (κ1) is 15.8. The third kappa shape index (κ3) is 4.40. The smallest absolute Gasteiger partial charge is 0.317 e. The first-order chi connectivity index (χ1) is 8.74. The van der Waals surface area contributed by atoms with E-state index in [0.29, 0.717) is 11.8 Å². The Bertz CT molecular complexity index is 332. The molecule has 1 fully saturated rings. The molecular formula is C14H26N2O3. The topological polar surface area (TPSA) is 69.6 Å². The zero-order chi connectivity index (χ0) is 14.6. The Balaban J connectivity index is 2.38. The summed E-state index contributed by atoms with van der Waals surface area (Å²) >= 11 is 0. The first-order valence-corrected chi connectivity index (χ1v) is 7.00. The number of nitrogens with one attached hydrogen (secondary N) is 1. The van der Waals surface area contributed by atoms with E-state index in [1.165, 1.54) is 0 Å². The highest BCUT2D eigenvalue weighted by Gasteiger charge is 2.29. The molecule has 0 aromatic rings. The van der Waals surface area contributed by atoms with Gasteiger partial charge in [0.05, 0.1) is 5.41 Å². The zero-order valence-electron chi connectivity index (χ0n) is 12.4. The number of urea groups is 1. The number of piperidine rings is 1. The lowest BCUT2D eigenvalue weighted by molar-refractivity contribution is -0.146. The molecule has 0 aromatic carbocycles. The van der Waals surface area contributed by atoms with E-state index in [2.05, 4.69) is 19.2 Å². The predicted molar refractivity (Wildman–Crippen MR) is 74.0 cm³/mol. The van der Waals surface area contributed by atoms with Crippen molar-refractivity contribution in [2.24, 2.45) is 17.3 Å². The second-order valence-corrected chi connectivity index (χ2v) is 6.42. The summed E-state index contributed by atoms with van der Waals surface area (Å²) in [5, 5.41) is 11.7. The summed E-state index contributed by atoms with van der Waals surface area (Å²) in [5.41, 5.74) is -0.925. The minimum absolute atomic E-state index is 0.142. The second kappa shape index (κ2) is 6.26. The number of nitrogens with zero attached hydrogens (tertiary/aromatic N) is 1. The Labute approximate surface area is 115 Å². The molecule has 1 rings (SSSR count). The van der Waals surface area contributed by atoms with Gasteiger partial charge in [-0.15, -0.1) is 0 Å². The lowest BCUT2D eigenvalue weighted by Gasteiger charge is -2.34. The normalized spacial score (nSPS) is 17.6. The number of rotatable bonds is 4. The quantitative estimate of drug-likeness (QED) is 0.822. The Hall–Kier alpha value is -1.26. The van der Waals surface area contributed by atoms with E-state index < -0.39 is 11.4 Å². The molecule has 1 aliphatic heterocycles. The van der Waals surface area contributed by atoms with Gasteiger partial charge in [-0.1, -0.05) is 13.8 Å². The van der Waals surface area contributed by atoms with Crippen LogP contribution in [0.5, 0.6) is 0 Å². The fourth-order valence-electron chi connectivity index (χ4n) is 2.25. The molecule has 1 aliphatic rings. The molecule has 0 saturated carbocycles. The van der Waals surface area contributed by atoms with E-state index in [1.54, 1.807) is 18.7 Å². The van der Waals surface area contributed by atoms with Crippen molar-refractivity contribution in [3.05, 3.63) is 0 Å². The van der Waals surface area contributed by atoms with Crippen LogP contribution in [0.2, 0.25) is 0 Å². The Morgan fingerprint density at radius 2 is 1.84 bits per heavy atom. The summed E-state index contributed by atoms with van der Waals surface area (Å²) in [6, 6.07) is -0.142. The van der Waals surface area contributed by atoms with Crippen LogP contribution in [0.4, 0.5) is 4.79 Å². The van der Waals surface area contributed by atoms with Gasteiger partial charge in [-0.3, -0.25) is 4.79 Å². The van der Waals surface area contributed by atoms with Crippen molar-refractivity contribution in [1.82, 2.24) is 10.2 Å². The molecule has 0 radical (unpaired) electrons. The van der Waals surface area contributed by atoms with E-state index in [4.69, 9.17) is 5.11 Å². The number of carbonyl (C=O) groups is 2. The number of likely N-dealkylation sites (tertiary alicyclic amines) is 1. The van der Waals surface area contributed by atoms with Crippen LogP contribution in [-0.2, 0) is 4.79 Å². The van der Waals surface area contributed by atoms with Crippen LogP contribution in [0.1, 0.15) is 40.5 Å². The van der Waals surface area contributed by atoms with Crippen molar-refractivity contribution in [3.63, 3.8) is 0 Å². The number of amides is 2. The van der Waals surface area contributed by atoms with Gasteiger partial charge < -0.3 is 15.3 Å². The highest BCUT2D eigenvalue weighted by Crippen LogP contribution is 2.24. The summed E-state index contributed by atoms with van der Waals surface area (Å²) in [6.07, 6.45) is 2.07. The molecule has 19 heavy (non-hydrogen) atoms. The zero-order valence-corrected chi connectivity index (χ0v) is 12.4. The molecular weight excluding hydrogens is 244 g/mol. The standard InChI is InChI=1S/C14H26N2O3/c1-10(2)11-5-7-16(8-6-11)13(19)15-9-14(3,4)12(17)18/h10-11H,5-9H2,1-4H3,(H,15,19)(H,17,18). The van der Waals surface area contributed by atoms with Crippen LogP contribution in [-0.4, -0.2) is 41.6 Å². The fourth-order valence-corrected chi connectivity index (χ4v) is 2.25. The number of aliphatic carboxylic acids is 1. The van der Waals surface area contributed by atoms with Crippen LogP contribution in [0.3, 0.4) is 0 Å². The molecule has 5 heteroatoms. The Morgan fingerprint density at radius 1 is 1.32 bits per heavy atom. The maximum atomic E-state index is 12.0. The van der Waals surface area contributed by atoms with Gasteiger partial charge in [-0.05, 0) is 38.5 Å². The van der Waals surface area contributed by atoms with Crippen LogP contribution in [0.15, 0.2) is 0 Å². The van der Waals surface area contributed by atoms with Crippen molar-refractivity contribution in [3.8, 4) is 0 Å². The van der Waals surface area contributed by atoms with E-state index in [1.807, 2.05) is 0 Å². The maximum Gasteiger partial charge on any atom is 0.317 e. The Kier molecular flexibility index (Phi) is 5.20. The minimum atomic E-state index is -0.925. The summed E-state index contributed by atoms with van der Waals surface area (Å²) in [5.74, 6) is 0.460. The first-order valence-electron chi connectivity index (χ1n) is 7.00. The van der Waals surface area contributed by atoms with Crippen molar-refractivity contribution >= 4 is 12.0 Å². The van der Waals surface area contributed by atoms with Crippen molar-refractivity contribution in [1.29, 1.82) is 0 Å². The number of hydrogen-bond acceptors (Lipinski definition) is 2. The van der Waals surface area contributed by atoms with Gasteiger partial charge >= 0.3 is 12.0 Å². The molecule has 2 amide bonds. The SMILES string of the molecule is CC(C)C1CCN(C(=O)NCC(C)(C)C(=O)O)CC1. The van der Waals surface area contributed by atoms with Gasteiger partial charge in [0.1, 0.15) is 0 Å². The lowest BCUT2D eigenvalue weighted by atomic mass is 9.87. The molecule has 1 saturated heterocycles. The molecule has 2 N–H and O–H groups in total. The van der Waals surface area contributed by atoms with E-state index in [-0.39, 0.29) is 12.6 Å². The van der Waals surface area contributed by atoms with Crippen LogP contribution < -0.4 is 5.32 Å². The number of hydrogen-bond donors (Lipinski definition) is 2. The highest BCUT2D eigenvalue weighted by atomic mass is 16.4. The monoisotopic (exact) mass is 270 g/mol. The average molecular weight is 270 g/mol. The van der Waals surface area contributed by atoms with Gasteiger partial charge in [-0.25, -0.2) is 4.79 Å². The molecule has 1 heterocycles. The molecule has 0 bridgehead atoms. The summed E-state index contributed by atoms with van der Waals surface area (Å²) in [4.78, 5) is 24.7. The average Bonchev–Trinajstić information content (AvgIpc) is 2.36. The molecule has 0 aliphatic carbocycles. The predicted octanol–water partition coefficient (Wildman–Crippen LogP) is 2.17. The second-order valence-electron chi connectivity index (χ2n) is 6.42. The molecule has 0 atom stereocenters. The van der Waals surface area contributed by atoms with E-state index >= 15 is 0 Å². The van der Waals surface area contributed by atoms with Crippen LogP contribution in [0.25, 0.3) is 0 Å². The van der Waals surface area contributed by atoms with Crippen molar-refractivity contribution < 1.29 is 14.7 Å². The number of carboxylic acid groups (broad SMARTS) is 1.